The first kappa shape index (κ1) is 16.5. The molecule has 0 radical (unpaired) electrons. The zero-order valence-electron chi connectivity index (χ0n) is 13.4. The highest BCUT2D eigenvalue weighted by atomic mass is 79.9. The van der Waals surface area contributed by atoms with E-state index in [1.165, 1.54) is 0 Å². The molecule has 120 valence electrons. The van der Waals surface area contributed by atoms with Gasteiger partial charge < -0.3 is 10.1 Å². The van der Waals surface area contributed by atoms with Gasteiger partial charge >= 0.3 is 0 Å². The maximum absolute atomic E-state index is 6.28. The van der Waals surface area contributed by atoms with E-state index in [0.717, 1.165) is 32.6 Å². The fourth-order valence-corrected chi connectivity index (χ4v) is 3.19. The minimum absolute atomic E-state index is 0.333. The minimum atomic E-state index is -0.333. The molecule has 0 aliphatic carbocycles. The van der Waals surface area contributed by atoms with Crippen molar-refractivity contribution in [1.82, 2.24) is 9.38 Å². The number of benzene rings is 1. The van der Waals surface area contributed by atoms with Gasteiger partial charge in [0.25, 0.3) is 0 Å². The van der Waals surface area contributed by atoms with Gasteiger partial charge in [0.1, 0.15) is 5.65 Å². The molecule has 0 saturated carbocycles. The molecule has 2 N–H and O–H groups in total. The summed E-state index contributed by atoms with van der Waals surface area (Å²) in [4.78, 5) is 4.84. The van der Waals surface area contributed by atoms with E-state index in [9.17, 15) is 0 Å². The largest absolute Gasteiger partial charge is 0.325 e. The van der Waals surface area contributed by atoms with Crippen LogP contribution in [0.3, 0.4) is 0 Å². The molecule has 0 unspecified atom stereocenters. The van der Waals surface area contributed by atoms with E-state index in [1.54, 1.807) is 0 Å². The van der Waals surface area contributed by atoms with Crippen LogP contribution in [0.2, 0.25) is 5.02 Å². The third kappa shape index (κ3) is 3.44. The third-order valence-electron chi connectivity index (χ3n) is 3.72. The van der Waals surface area contributed by atoms with Crippen LogP contribution in [0.25, 0.3) is 16.9 Å². The summed E-state index contributed by atoms with van der Waals surface area (Å²) in [6, 6.07) is 9.86. The van der Waals surface area contributed by atoms with Crippen molar-refractivity contribution in [2.24, 2.45) is 5.73 Å². The summed E-state index contributed by atoms with van der Waals surface area (Å²) in [6.45, 7) is 6.11. The smallest absolute Gasteiger partial charge is 0.137 e. The molecular formula is C18H19BrClN3. The maximum Gasteiger partial charge on any atom is 0.137 e. The van der Waals surface area contributed by atoms with Crippen LogP contribution in [-0.4, -0.2) is 14.9 Å². The van der Waals surface area contributed by atoms with Gasteiger partial charge in [-0.05, 0) is 60.5 Å². The fourth-order valence-electron chi connectivity index (χ4n) is 2.68. The van der Waals surface area contributed by atoms with Gasteiger partial charge in [0.15, 0.2) is 0 Å². The number of aromatic nitrogens is 2. The number of hydrogen-bond acceptors (Lipinski definition) is 2. The van der Waals surface area contributed by atoms with Crippen LogP contribution in [0.4, 0.5) is 0 Å². The molecule has 23 heavy (non-hydrogen) atoms. The second-order valence-corrected chi connectivity index (χ2v) is 7.91. The predicted molar refractivity (Wildman–Crippen MR) is 100 cm³/mol. The van der Waals surface area contributed by atoms with E-state index in [1.807, 2.05) is 38.1 Å². The van der Waals surface area contributed by atoms with E-state index in [0.29, 0.717) is 11.4 Å². The number of hydrogen-bond donors (Lipinski definition) is 1. The van der Waals surface area contributed by atoms with E-state index >= 15 is 0 Å². The average molecular weight is 393 g/mol. The summed E-state index contributed by atoms with van der Waals surface area (Å²) in [5.41, 5.74) is 11.1. The molecule has 2 heterocycles. The van der Waals surface area contributed by atoms with Crippen molar-refractivity contribution < 1.29 is 0 Å². The van der Waals surface area contributed by atoms with E-state index in [4.69, 9.17) is 22.3 Å². The molecule has 0 bridgehead atoms. The fraction of sp³-hybridized carbons (Fsp3) is 0.278. The van der Waals surface area contributed by atoms with Crippen molar-refractivity contribution in [2.45, 2.75) is 32.7 Å². The SMILES string of the molecule is Cc1cc2nc(-c3cccc(Cl)c3)c(CC(C)(C)N)n2cc1Br. The summed E-state index contributed by atoms with van der Waals surface area (Å²) < 4.78 is 3.16. The Labute approximate surface area is 149 Å². The van der Waals surface area contributed by atoms with Gasteiger partial charge in [0.2, 0.25) is 0 Å². The zero-order chi connectivity index (χ0) is 16.8. The Morgan fingerprint density at radius 3 is 2.70 bits per heavy atom. The Kier molecular flexibility index (Phi) is 4.25. The summed E-state index contributed by atoms with van der Waals surface area (Å²) in [5, 5.41) is 0.704. The second-order valence-electron chi connectivity index (χ2n) is 6.62. The van der Waals surface area contributed by atoms with Crippen LogP contribution in [0.15, 0.2) is 41.0 Å². The van der Waals surface area contributed by atoms with Gasteiger partial charge in [-0.15, -0.1) is 0 Å². The van der Waals surface area contributed by atoms with Crippen molar-refractivity contribution in [3.63, 3.8) is 0 Å². The summed E-state index contributed by atoms with van der Waals surface area (Å²) in [5.74, 6) is 0. The number of imidazole rings is 1. The maximum atomic E-state index is 6.28. The Morgan fingerprint density at radius 2 is 2.04 bits per heavy atom. The molecule has 0 aliphatic rings. The molecular weight excluding hydrogens is 374 g/mol. The lowest BCUT2D eigenvalue weighted by atomic mass is 9.97. The highest BCUT2D eigenvalue weighted by Gasteiger charge is 2.21. The lowest BCUT2D eigenvalue weighted by molar-refractivity contribution is 0.509. The van der Waals surface area contributed by atoms with Crippen LogP contribution < -0.4 is 5.73 Å². The Hall–Kier alpha value is -1.36. The first-order chi connectivity index (χ1) is 10.7. The predicted octanol–water partition coefficient (Wildman–Crippen LogP) is 5.01. The van der Waals surface area contributed by atoms with Gasteiger partial charge in [0, 0.05) is 33.2 Å². The van der Waals surface area contributed by atoms with Crippen molar-refractivity contribution >= 4 is 33.2 Å². The van der Waals surface area contributed by atoms with Gasteiger partial charge in [-0.25, -0.2) is 4.98 Å². The number of nitrogens with zero attached hydrogens (tertiary/aromatic N) is 2. The standard InChI is InChI=1S/C18H19BrClN3/c1-11-7-16-22-17(12-5-4-6-13(20)8-12)15(9-18(2,3)21)23(16)10-14(11)19/h4-8,10H,9,21H2,1-3H3. The van der Waals surface area contributed by atoms with Crippen LogP contribution in [0, 0.1) is 6.92 Å². The van der Waals surface area contributed by atoms with Crippen molar-refractivity contribution in [2.75, 3.05) is 0 Å². The normalized spacial score (nSPS) is 12.1. The molecule has 2 aromatic heterocycles. The number of fused-ring (bicyclic) bond motifs is 1. The molecule has 1 aromatic carbocycles. The molecule has 0 atom stereocenters. The molecule has 0 spiro atoms. The molecule has 5 heteroatoms. The third-order valence-corrected chi connectivity index (χ3v) is 4.79. The quantitative estimate of drug-likeness (QED) is 0.681. The van der Waals surface area contributed by atoms with Gasteiger partial charge in [-0.1, -0.05) is 23.7 Å². The number of rotatable bonds is 3. The van der Waals surface area contributed by atoms with Crippen LogP contribution in [0.1, 0.15) is 25.1 Å². The lowest BCUT2D eigenvalue weighted by Gasteiger charge is -2.19. The monoisotopic (exact) mass is 391 g/mol. The zero-order valence-corrected chi connectivity index (χ0v) is 15.7. The second kappa shape index (κ2) is 5.93. The van der Waals surface area contributed by atoms with Crippen molar-refractivity contribution in [3.8, 4) is 11.3 Å². The molecule has 3 rings (SSSR count). The average Bonchev–Trinajstić information content (AvgIpc) is 2.76. The summed E-state index contributed by atoms with van der Waals surface area (Å²) in [7, 11) is 0. The van der Waals surface area contributed by atoms with E-state index < -0.39 is 0 Å². The summed E-state index contributed by atoms with van der Waals surface area (Å²) in [6.07, 6.45) is 2.78. The first-order valence-corrected chi connectivity index (χ1v) is 8.63. The molecule has 0 fully saturated rings. The first-order valence-electron chi connectivity index (χ1n) is 7.46. The molecule has 0 saturated heterocycles. The topological polar surface area (TPSA) is 43.3 Å². The highest BCUT2D eigenvalue weighted by molar-refractivity contribution is 9.10. The highest BCUT2D eigenvalue weighted by Crippen LogP contribution is 2.30. The Balaban J connectivity index is 2.29. The Morgan fingerprint density at radius 1 is 1.30 bits per heavy atom. The van der Waals surface area contributed by atoms with Crippen molar-refractivity contribution in [3.05, 3.63) is 57.3 Å². The number of aryl methyl sites for hydroxylation is 1. The molecule has 3 nitrogen and oxygen atoms in total. The van der Waals surface area contributed by atoms with Gasteiger partial charge in [-0.3, -0.25) is 0 Å². The van der Waals surface area contributed by atoms with E-state index in [-0.39, 0.29) is 5.54 Å². The molecule has 0 aliphatic heterocycles. The minimum Gasteiger partial charge on any atom is -0.325 e. The van der Waals surface area contributed by atoms with Crippen LogP contribution in [-0.2, 0) is 6.42 Å². The lowest BCUT2D eigenvalue weighted by Crippen LogP contribution is -2.35. The van der Waals surface area contributed by atoms with Crippen molar-refractivity contribution in [1.29, 1.82) is 0 Å². The summed E-state index contributed by atoms with van der Waals surface area (Å²) >= 11 is 9.77. The van der Waals surface area contributed by atoms with Crippen LogP contribution >= 0.6 is 27.5 Å². The van der Waals surface area contributed by atoms with Crippen LogP contribution in [0.5, 0.6) is 0 Å². The molecule has 3 aromatic rings. The number of pyridine rings is 1. The number of nitrogens with two attached hydrogens (primary N) is 1. The molecule has 0 amide bonds. The number of halogens is 2. The van der Waals surface area contributed by atoms with Gasteiger partial charge in [-0.2, -0.15) is 0 Å². The van der Waals surface area contributed by atoms with E-state index in [2.05, 4.69) is 39.5 Å². The van der Waals surface area contributed by atoms with Gasteiger partial charge in [0.05, 0.1) is 11.4 Å². The Bertz CT molecular complexity index is 878.